The molecule has 0 radical (unpaired) electrons. The minimum Gasteiger partial charge on any atom is -0.508 e. The second-order valence-electron chi connectivity index (χ2n) is 11.1. The van der Waals surface area contributed by atoms with Gasteiger partial charge in [-0.25, -0.2) is 0 Å². The standard InChI is InChI=1S/C33H46N2O8/c1-22-7-8-25(18-30(22)39)11-14-32(41)34-16-5-4-6-27(33(42)35-21-24(3)43-17-15-23(2)36)20-28(37)12-9-26-10-13-29(38)31(40)19-26/h7-8,10,13,18-19,24,27,38-40H,4-6,9,11-12,14-17,20-21H2,1-3H3,(H,34,41)(H,35,42). The first-order chi connectivity index (χ1) is 20.4. The van der Waals surface area contributed by atoms with E-state index in [0.29, 0.717) is 57.1 Å². The van der Waals surface area contributed by atoms with Gasteiger partial charge < -0.3 is 30.7 Å². The average molecular weight is 599 g/mol. The first kappa shape index (κ1) is 35.3. The normalized spacial score (nSPS) is 12.3. The summed E-state index contributed by atoms with van der Waals surface area (Å²) in [6.07, 6.45) is 3.20. The molecule has 2 unspecified atom stereocenters. The van der Waals surface area contributed by atoms with Crippen LogP contribution in [0.1, 0.15) is 75.5 Å². The van der Waals surface area contributed by atoms with Crippen LogP contribution >= 0.6 is 0 Å². The second kappa shape index (κ2) is 18.6. The minimum absolute atomic E-state index is 0.0278. The predicted molar refractivity (Wildman–Crippen MR) is 163 cm³/mol. The van der Waals surface area contributed by atoms with Gasteiger partial charge in [-0.3, -0.25) is 19.2 Å². The van der Waals surface area contributed by atoms with Crippen LogP contribution in [0.3, 0.4) is 0 Å². The average Bonchev–Trinajstić information content (AvgIpc) is 2.96. The summed E-state index contributed by atoms with van der Waals surface area (Å²) in [5.74, 6) is -1.21. The molecule has 43 heavy (non-hydrogen) atoms. The summed E-state index contributed by atoms with van der Waals surface area (Å²) >= 11 is 0. The van der Waals surface area contributed by atoms with Crippen molar-refractivity contribution in [3.63, 3.8) is 0 Å². The summed E-state index contributed by atoms with van der Waals surface area (Å²) in [6, 6.07) is 9.81. The van der Waals surface area contributed by atoms with Crippen LogP contribution < -0.4 is 10.6 Å². The number of hydrogen-bond acceptors (Lipinski definition) is 8. The molecule has 2 amide bonds. The number of aromatic hydroxyl groups is 3. The minimum atomic E-state index is -0.546. The number of rotatable bonds is 20. The lowest BCUT2D eigenvalue weighted by atomic mass is 9.93. The van der Waals surface area contributed by atoms with Crippen LogP contribution in [0.15, 0.2) is 36.4 Å². The number of ketones is 2. The molecule has 2 rings (SSSR count). The van der Waals surface area contributed by atoms with E-state index in [1.807, 2.05) is 19.1 Å². The highest BCUT2D eigenvalue weighted by Crippen LogP contribution is 2.26. The van der Waals surface area contributed by atoms with Gasteiger partial charge in [-0.1, -0.05) is 24.6 Å². The number of amides is 2. The van der Waals surface area contributed by atoms with Crippen LogP contribution in [0.2, 0.25) is 0 Å². The predicted octanol–water partition coefficient (Wildman–Crippen LogP) is 4.04. The summed E-state index contributed by atoms with van der Waals surface area (Å²) in [4.78, 5) is 49.2. The lowest BCUT2D eigenvalue weighted by molar-refractivity contribution is -0.130. The van der Waals surface area contributed by atoms with Crippen LogP contribution in [-0.4, -0.2) is 64.5 Å². The first-order valence-corrected chi connectivity index (χ1v) is 14.9. The molecule has 10 nitrogen and oxygen atoms in total. The second-order valence-corrected chi connectivity index (χ2v) is 11.1. The number of benzene rings is 2. The van der Waals surface area contributed by atoms with Gasteiger partial charge in [0, 0.05) is 44.7 Å². The Kier molecular flexibility index (Phi) is 15.2. The third-order valence-corrected chi connectivity index (χ3v) is 7.21. The number of carbonyl (C=O) groups is 4. The molecule has 10 heteroatoms. The van der Waals surface area contributed by atoms with Gasteiger partial charge in [-0.15, -0.1) is 0 Å². The molecular formula is C33H46N2O8. The molecule has 0 aliphatic carbocycles. The Hall–Kier alpha value is -3.92. The molecule has 2 atom stereocenters. The molecule has 2 aromatic rings. The first-order valence-electron chi connectivity index (χ1n) is 14.9. The maximum Gasteiger partial charge on any atom is 0.223 e. The van der Waals surface area contributed by atoms with E-state index in [0.717, 1.165) is 11.1 Å². The molecule has 2 aromatic carbocycles. The number of ether oxygens (including phenoxy) is 1. The lowest BCUT2D eigenvalue weighted by Crippen LogP contribution is -2.37. The van der Waals surface area contributed by atoms with E-state index in [1.165, 1.54) is 19.1 Å². The third kappa shape index (κ3) is 14.2. The van der Waals surface area contributed by atoms with Crippen molar-refractivity contribution < 1.29 is 39.2 Å². The summed E-state index contributed by atoms with van der Waals surface area (Å²) in [5, 5.41) is 34.8. The summed E-state index contributed by atoms with van der Waals surface area (Å²) < 4.78 is 5.57. The Morgan fingerprint density at radius 2 is 1.51 bits per heavy atom. The SMILES string of the molecule is CC(=O)CCOC(C)CNC(=O)C(CCCCNC(=O)CCc1ccc(C)c(O)c1)CC(=O)CCc1ccc(O)c(O)c1. The fourth-order valence-corrected chi connectivity index (χ4v) is 4.46. The van der Waals surface area contributed by atoms with Crippen molar-refractivity contribution in [1.29, 1.82) is 0 Å². The maximum atomic E-state index is 13.0. The van der Waals surface area contributed by atoms with Crippen molar-refractivity contribution >= 4 is 23.4 Å². The highest BCUT2D eigenvalue weighted by atomic mass is 16.5. The van der Waals surface area contributed by atoms with Crippen molar-refractivity contribution in [3.05, 3.63) is 53.1 Å². The van der Waals surface area contributed by atoms with Crippen molar-refractivity contribution in [2.24, 2.45) is 5.92 Å². The zero-order valence-electron chi connectivity index (χ0n) is 25.5. The molecular weight excluding hydrogens is 552 g/mol. The Labute approximate surface area is 253 Å². The fourth-order valence-electron chi connectivity index (χ4n) is 4.46. The van der Waals surface area contributed by atoms with E-state index in [-0.39, 0.29) is 72.7 Å². The van der Waals surface area contributed by atoms with E-state index in [4.69, 9.17) is 4.74 Å². The molecule has 0 fully saturated rings. The number of carbonyl (C=O) groups excluding carboxylic acids is 4. The van der Waals surface area contributed by atoms with Crippen molar-refractivity contribution in [1.82, 2.24) is 10.6 Å². The molecule has 0 spiro atoms. The van der Waals surface area contributed by atoms with Crippen molar-refractivity contribution in [3.8, 4) is 17.2 Å². The topological polar surface area (TPSA) is 162 Å². The zero-order chi connectivity index (χ0) is 31.8. The van der Waals surface area contributed by atoms with Gasteiger partial charge in [0.25, 0.3) is 0 Å². The molecule has 0 bridgehead atoms. The molecule has 0 saturated heterocycles. The number of Topliss-reactive ketones (excluding diaryl/α,β-unsaturated/α-hetero) is 2. The van der Waals surface area contributed by atoms with E-state index in [1.54, 1.807) is 19.1 Å². The number of phenolic OH excluding ortho intramolecular Hbond substituents is 3. The van der Waals surface area contributed by atoms with E-state index in [9.17, 15) is 34.5 Å². The monoisotopic (exact) mass is 598 g/mol. The molecule has 0 aliphatic heterocycles. The van der Waals surface area contributed by atoms with E-state index >= 15 is 0 Å². The largest absolute Gasteiger partial charge is 0.508 e. The van der Waals surface area contributed by atoms with E-state index in [2.05, 4.69) is 10.6 Å². The van der Waals surface area contributed by atoms with Gasteiger partial charge in [0.2, 0.25) is 11.8 Å². The van der Waals surface area contributed by atoms with E-state index < -0.39 is 5.92 Å². The molecule has 0 aromatic heterocycles. The smallest absolute Gasteiger partial charge is 0.223 e. The van der Waals surface area contributed by atoms with Crippen LogP contribution in [-0.2, 0) is 36.8 Å². The van der Waals surface area contributed by atoms with Gasteiger partial charge in [0.1, 0.15) is 17.3 Å². The van der Waals surface area contributed by atoms with Crippen molar-refractivity contribution in [2.75, 3.05) is 19.7 Å². The Balaban J connectivity index is 1.82. The van der Waals surface area contributed by atoms with Crippen LogP contribution in [0.4, 0.5) is 0 Å². The third-order valence-electron chi connectivity index (χ3n) is 7.21. The van der Waals surface area contributed by atoms with Gasteiger partial charge in [0.15, 0.2) is 11.5 Å². The van der Waals surface area contributed by atoms with Gasteiger partial charge in [-0.05, 0) is 81.3 Å². The molecule has 0 heterocycles. The number of unbranched alkanes of at least 4 members (excludes halogenated alkanes) is 1. The Morgan fingerprint density at radius 3 is 2.19 bits per heavy atom. The summed E-state index contributed by atoms with van der Waals surface area (Å²) in [7, 11) is 0. The molecule has 236 valence electrons. The van der Waals surface area contributed by atoms with Gasteiger partial charge in [0.05, 0.1) is 12.7 Å². The van der Waals surface area contributed by atoms with Crippen molar-refractivity contribution in [2.45, 2.75) is 84.7 Å². The van der Waals surface area contributed by atoms with Gasteiger partial charge in [-0.2, -0.15) is 0 Å². The number of aryl methyl sites for hydroxylation is 3. The Morgan fingerprint density at radius 1 is 0.837 bits per heavy atom. The van der Waals surface area contributed by atoms with Gasteiger partial charge >= 0.3 is 0 Å². The highest BCUT2D eigenvalue weighted by molar-refractivity contribution is 5.87. The van der Waals surface area contributed by atoms with Crippen LogP contribution in [0.25, 0.3) is 0 Å². The lowest BCUT2D eigenvalue weighted by Gasteiger charge is -2.19. The number of nitrogens with one attached hydrogen (secondary N) is 2. The Bertz CT molecular complexity index is 1230. The molecule has 0 aliphatic rings. The highest BCUT2D eigenvalue weighted by Gasteiger charge is 2.22. The molecule has 5 N–H and O–H groups in total. The quantitative estimate of drug-likeness (QED) is 0.113. The zero-order valence-corrected chi connectivity index (χ0v) is 25.5. The maximum absolute atomic E-state index is 13.0. The van der Waals surface area contributed by atoms with Crippen LogP contribution in [0.5, 0.6) is 17.2 Å². The summed E-state index contributed by atoms with van der Waals surface area (Å²) in [6.45, 7) is 6.09. The molecule has 0 saturated carbocycles. The van der Waals surface area contributed by atoms with Crippen LogP contribution in [0, 0.1) is 12.8 Å². The number of phenols is 3. The fraction of sp³-hybridized carbons (Fsp3) is 0.515. The number of hydrogen-bond donors (Lipinski definition) is 5. The summed E-state index contributed by atoms with van der Waals surface area (Å²) in [5.41, 5.74) is 2.38.